The normalized spacial score (nSPS) is 16.0. The molecule has 0 saturated heterocycles. The average Bonchev–Trinajstić information content (AvgIpc) is 2.38. The molecule has 20 heavy (non-hydrogen) atoms. The number of hydrogen-bond acceptors (Lipinski definition) is 3. The van der Waals surface area contributed by atoms with E-state index < -0.39 is 11.8 Å². The molecule has 1 N–H and O–H groups in total. The zero-order valence-electron chi connectivity index (χ0n) is 12.0. The van der Waals surface area contributed by atoms with Crippen molar-refractivity contribution >= 4 is 11.8 Å². The summed E-state index contributed by atoms with van der Waals surface area (Å²) in [5.74, 6) is -1.91. The van der Waals surface area contributed by atoms with Gasteiger partial charge in [-0.1, -0.05) is 32.4 Å². The fourth-order valence-electron chi connectivity index (χ4n) is 2.36. The number of aromatic carboxylic acids is 1. The summed E-state index contributed by atoms with van der Waals surface area (Å²) in [7, 11) is 0. The van der Waals surface area contributed by atoms with Crippen LogP contribution in [0.15, 0.2) is 23.9 Å². The van der Waals surface area contributed by atoms with Crippen LogP contribution in [-0.4, -0.2) is 29.1 Å². The monoisotopic (exact) mass is 278 g/mol. The number of carboxylic acid groups (broad SMARTS) is 1. The van der Waals surface area contributed by atoms with Crippen molar-refractivity contribution in [2.24, 2.45) is 5.41 Å². The van der Waals surface area contributed by atoms with Crippen molar-refractivity contribution in [3.8, 4) is 0 Å². The van der Waals surface area contributed by atoms with Crippen LogP contribution in [0.5, 0.6) is 0 Å². The van der Waals surface area contributed by atoms with E-state index in [1.165, 1.54) is 17.8 Å². The van der Waals surface area contributed by atoms with Crippen molar-refractivity contribution in [3.05, 3.63) is 35.3 Å². The molecule has 1 aromatic rings. The molecule has 2 heterocycles. The van der Waals surface area contributed by atoms with E-state index in [-0.39, 0.29) is 16.8 Å². The van der Waals surface area contributed by atoms with Crippen LogP contribution in [0, 0.1) is 11.2 Å². The molecule has 0 atom stereocenters. The Morgan fingerprint density at radius 3 is 2.65 bits per heavy atom. The molecule has 0 bridgehead atoms. The minimum atomic E-state index is -1.27. The second-order valence-corrected chi connectivity index (χ2v) is 5.98. The molecule has 1 aliphatic rings. The van der Waals surface area contributed by atoms with Gasteiger partial charge in [0.25, 0.3) is 0 Å². The average molecular weight is 278 g/mol. The Morgan fingerprint density at radius 1 is 1.45 bits per heavy atom. The third-order valence-electron chi connectivity index (χ3n) is 3.57. The molecule has 108 valence electrons. The van der Waals surface area contributed by atoms with E-state index in [1.807, 2.05) is 0 Å². The van der Waals surface area contributed by atoms with Crippen molar-refractivity contribution in [1.29, 1.82) is 0 Å². The second-order valence-electron chi connectivity index (χ2n) is 5.98. The van der Waals surface area contributed by atoms with Crippen LogP contribution in [0.2, 0.25) is 0 Å². The minimum Gasteiger partial charge on any atom is -0.478 e. The number of hydrogen-bond donors (Lipinski definition) is 1. The maximum absolute atomic E-state index is 14.1. The van der Waals surface area contributed by atoms with Crippen molar-refractivity contribution in [3.63, 3.8) is 0 Å². The summed E-state index contributed by atoms with van der Waals surface area (Å²) in [6.07, 6.45) is 4.25. The standard InChI is InChI=1S/C15H19FN2O2/c1-15(2,3)10-5-8-18(9-6-10)13-12(16)11(14(19)20)4-7-17-13/h4-5,7H,6,8-9H2,1-3H3,(H,19,20). The molecule has 1 aromatic heterocycles. The smallest absolute Gasteiger partial charge is 0.338 e. The summed E-state index contributed by atoms with van der Waals surface area (Å²) >= 11 is 0. The number of carbonyl (C=O) groups is 1. The number of pyridine rings is 1. The van der Waals surface area contributed by atoms with Gasteiger partial charge in [-0.15, -0.1) is 0 Å². The zero-order chi connectivity index (χ0) is 14.9. The largest absolute Gasteiger partial charge is 0.478 e. The van der Waals surface area contributed by atoms with Gasteiger partial charge in [-0.2, -0.15) is 0 Å². The van der Waals surface area contributed by atoms with Crippen molar-refractivity contribution in [2.75, 3.05) is 18.0 Å². The third kappa shape index (κ3) is 2.81. The van der Waals surface area contributed by atoms with E-state index in [0.29, 0.717) is 13.1 Å². The first-order chi connectivity index (χ1) is 9.30. The van der Waals surface area contributed by atoms with Gasteiger partial charge >= 0.3 is 5.97 Å². The van der Waals surface area contributed by atoms with Crippen molar-refractivity contribution in [2.45, 2.75) is 27.2 Å². The Labute approximate surface area is 117 Å². The lowest BCUT2D eigenvalue weighted by atomic mass is 9.83. The molecule has 4 nitrogen and oxygen atoms in total. The molecule has 0 aliphatic carbocycles. The maximum atomic E-state index is 14.1. The number of halogens is 1. The quantitative estimate of drug-likeness (QED) is 0.845. The molecular formula is C15H19FN2O2. The molecule has 1 aliphatic heterocycles. The van der Waals surface area contributed by atoms with Crippen LogP contribution in [-0.2, 0) is 0 Å². The van der Waals surface area contributed by atoms with Gasteiger partial charge in [-0.3, -0.25) is 0 Å². The fraction of sp³-hybridized carbons (Fsp3) is 0.467. The van der Waals surface area contributed by atoms with Crippen LogP contribution in [0.4, 0.5) is 10.2 Å². The van der Waals surface area contributed by atoms with Crippen molar-refractivity contribution < 1.29 is 14.3 Å². The topological polar surface area (TPSA) is 53.4 Å². The van der Waals surface area contributed by atoms with E-state index in [0.717, 1.165) is 6.42 Å². The summed E-state index contributed by atoms with van der Waals surface area (Å²) in [6.45, 7) is 7.66. The Kier molecular flexibility index (Phi) is 3.79. The van der Waals surface area contributed by atoms with E-state index in [2.05, 4.69) is 31.8 Å². The van der Waals surface area contributed by atoms with Gasteiger partial charge in [0, 0.05) is 19.3 Å². The molecular weight excluding hydrogens is 259 g/mol. The van der Waals surface area contributed by atoms with Crippen molar-refractivity contribution in [1.82, 2.24) is 4.98 Å². The molecule has 5 heteroatoms. The lowest BCUT2D eigenvalue weighted by Gasteiger charge is -2.33. The lowest BCUT2D eigenvalue weighted by Crippen LogP contribution is -2.32. The van der Waals surface area contributed by atoms with Gasteiger partial charge in [-0.25, -0.2) is 14.2 Å². The number of carboxylic acids is 1. The molecule has 2 rings (SSSR count). The lowest BCUT2D eigenvalue weighted by molar-refractivity contribution is 0.0691. The first kappa shape index (κ1) is 14.5. The van der Waals surface area contributed by atoms with Gasteiger partial charge < -0.3 is 10.0 Å². The second kappa shape index (κ2) is 5.23. The highest BCUT2D eigenvalue weighted by atomic mass is 19.1. The summed E-state index contributed by atoms with van der Waals surface area (Å²) in [4.78, 5) is 16.7. The molecule has 0 saturated carbocycles. The van der Waals surface area contributed by atoms with Gasteiger partial charge in [0.1, 0.15) is 5.56 Å². The maximum Gasteiger partial charge on any atom is 0.338 e. The minimum absolute atomic E-state index is 0.112. The number of nitrogens with zero attached hydrogens (tertiary/aromatic N) is 2. The van der Waals surface area contributed by atoms with Gasteiger partial charge in [0.15, 0.2) is 11.6 Å². The molecule has 0 amide bonds. The number of aromatic nitrogens is 1. The highest BCUT2D eigenvalue weighted by molar-refractivity contribution is 5.88. The molecule has 0 aromatic carbocycles. The van der Waals surface area contributed by atoms with E-state index in [9.17, 15) is 9.18 Å². The Hall–Kier alpha value is -1.91. The molecule has 0 unspecified atom stereocenters. The van der Waals surface area contributed by atoms with Crippen LogP contribution >= 0.6 is 0 Å². The van der Waals surface area contributed by atoms with E-state index in [1.54, 1.807) is 4.90 Å². The Morgan fingerprint density at radius 2 is 2.15 bits per heavy atom. The third-order valence-corrected chi connectivity index (χ3v) is 3.57. The first-order valence-electron chi connectivity index (χ1n) is 6.63. The summed E-state index contributed by atoms with van der Waals surface area (Å²) in [6, 6.07) is 1.18. The summed E-state index contributed by atoms with van der Waals surface area (Å²) in [5.41, 5.74) is 1.12. The predicted octanol–water partition coefficient (Wildman–Crippen LogP) is 3.10. The van der Waals surface area contributed by atoms with E-state index >= 15 is 0 Å². The summed E-state index contributed by atoms with van der Waals surface area (Å²) < 4.78 is 14.1. The number of anilines is 1. The van der Waals surface area contributed by atoms with Crippen LogP contribution < -0.4 is 4.90 Å². The molecule has 0 spiro atoms. The van der Waals surface area contributed by atoms with E-state index in [4.69, 9.17) is 5.11 Å². The highest BCUT2D eigenvalue weighted by Gasteiger charge is 2.24. The predicted molar refractivity (Wildman–Crippen MR) is 75.5 cm³/mol. The van der Waals surface area contributed by atoms with Gasteiger partial charge in [-0.05, 0) is 17.9 Å². The SMILES string of the molecule is CC(C)(C)C1=CCN(c2nccc(C(=O)O)c2F)CC1. The summed E-state index contributed by atoms with van der Waals surface area (Å²) in [5, 5.41) is 8.94. The van der Waals surface area contributed by atoms with Crippen LogP contribution in [0.3, 0.4) is 0 Å². The number of rotatable bonds is 2. The molecule has 0 radical (unpaired) electrons. The first-order valence-corrected chi connectivity index (χ1v) is 6.63. The Balaban J connectivity index is 2.26. The van der Waals surface area contributed by atoms with Gasteiger partial charge in [0.2, 0.25) is 0 Å². The zero-order valence-corrected chi connectivity index (χ0v) is 12.0. The Bertz CT molecular complexity index is 561. The van der Waals surface area contributed by atoms with Crippen LogP contribution in [0.25, 0.3) is 0 Å². The highest BCUT2D eigenvalue weighted by Crippen LogP contribution is 2.31. The fourth-order valence-corrected chi connectivity index (χ4v) is 2.36. The van der Waals surface area contributed by atoms with Crippen LogP contribution in [0.1, 0.15) is 37.6 Å². The molecule has 0 fully saturated rings. The van der Waals surface area contributed by atoms with Gasteiger partial charge in [0.05, 0.1) is 0 Å².